The molecule has 0 fully saturated rings. The molecule has 1 atom stereocenters. The van der Waals surface area contributed by atoms with Crippen molar-refractivity contribution < 1.29 is 19.1 Å². The number of allylic oxidation sites excluding steroid dienone is 1. The van der Waals surface area contributed by atoms with E-state index in [1.807, 2.05) is 30.3 Å². The highest BCUT2D eigenvalue weighted by atomic mass is 16.6. The number of benzene rings is 1. The number of hydrogen-bond acceptors (Lipinski definition) is 4. The molecule has 2 rings (SSSR count). The van der Waals surface area contributed by atoms with Crippen molar-refractivity contribution in [1.82, 2.24) is 0 Å². The van der Waals surface area contributed by atoms with Crippen molar-refractivity contribution in [3.63, 3.8) is 0 Å². The molecule has 0 N–H and O–H groups in total. The zero-order valence-electron chi connectivity index (χ0n) is 11.2. The van der Waals surface area contributed by atoms with Gasteiger partial charge in [-0.15, -0.1) is 0 Å². The number of ketones is 1. The molecule has 20 heavy (non-hydrogen) atoms. The molecular formula is C16H16O4. The fraction of sp³-hybridized carbons (Fsp3) is 0.250. The van der Waals surface area contributed by atoms with Crippen LogP contribution in [0.1, 0.15) is 18.9 Å². The van der Waals surface area contributed by atoms with Gasteiger partial charge in [0.05, 0.1) is 19.3 Å². The first-order chi connectivity index (χ1) is 9.66. The van der Waals surface area contributed by atoms with Gasteiger partial charge in [0, 0.05) is 6.08 Å². The summed E-state index contributed by atoms with van der Waals surface area (Å²) in [6.45, 7) is 1.95. The van der Waals surface area contributed by atoms with Crippen LogP contribution in [-0.2, 0) is 19.1 Å². The second-order valence-electron chi connectivity index (χ2n) is 4.42. The van der Waals surface area contributed by atoms with Crippen LogP contribution in [-0.4, -0.2) is 24.0 Å². The number of carbonyl (C=O) groups excluding carboxylic acids is 2. The zero-order chi connectivity index (χ0) is 14.4. The Balaban J connectivity index is 2.28. The van der Waals surface area contributed by atoms with Gasteiger partial charge in [-0.1, -0.05) is 36.4 Å². The molecule has 4 nitrogen and oxygen atoms in total. The fourth-order valence-corrected chi connectivity index (χ4v) is 1.93. The Bertz CT molecular complexity index is 545. The number of carbonyl (C=O) groups is 2. The van der Waals surface area contributed by atoms with Gasteiger partial charge in [-0.25, -0.2) is 4.79 Å². The third-order valence-corrected chi connectivity index (χ3v) is 2.93. The summed E-state index contributed by atoms with van der Waals surface area (Å²) in [5.74, 6) is -0.716. The molecule has 1 heterocycles. The Morgan fingerprint density at radius 1 is 1.40 bits per heavy atom. The van der Waals surface area contributed by atoms with Crippen molar-refractivity contribution in [1.29, 1.82) is 0 Å². The third kappa shape index (κ3) is 3.15. The van der Waals surface area contributed by atoms with Crippen molar-refractivity contribution in [2.75, 3.05) is 6.61 Å². The van der Waals surface area contributed by atoms with E-state index in [0.29, 0.717) is 0 Å². The normalized spacial score (nSPS) is 21.8. The molecule has 0 bridgehead atoms. The predicted molar refractivity (Wildman–Crippen MR) is 74.7 cm³/mol. The van der Waals surface area contributed by atoms with Gasteiger partial charge in [0.1, 0.15) is 0 Å². The molecule has 0 unspecified atom stereocenters. The quantitative estimate of drug-likeness (QED) is 0.790. The van der Waals surface area contributed by atoms with Crippen molar-refractivity contribution in [2.45, 2.75) is 18.9 Å². The molecule has 0 saturated carbocycles. The number of rotatable bonds is 4. The van der Waals surface area contributed by atoms with E-state index in [1.54, 1.807) is 19.1 Å². The van der Waals surface area contributed by atoms with Crippen LogP contribution in [0.25, 0.3) is 6.08 Å². The maximum atomic E-state index is 12.1. The van der Waals surface area contributed by atoms with Gasteiger partial charge in [0.2, 0.25) is 5.60 Å². The standard InChI is InChI=1S/C16H16O4/c1-2-19-15(18)16(12-14(17)9-11-20-16)10-8-13-6-4-3-5-7-13/h3-11H,2,12H2,1H3/b10-8+/t16-/m1/s1. The lowest BCUT2D eigenvalue weighted by Crippen LogP contribution is -2.43. The van der Waals surface area contributed by atoms with E-state index in [2.05, 4.69) is 0 Å². The van der Waals surface area contributed by atoms with E-state index in [9.17, 15) is 9.59 Å². The summed E-state index contributed by atoms with van der Waals surface area (Å²) in [7, 11) is 0. The van der Waals surface area contributed by atoms with Crippen LogP contribution in [0.4, 0.5) is 0 Å². The van der Waals surface area contributed by atoms with Crippen molar-refractivity contribution in [3.05, 3.63) is 54.3 Å². The highest BCUT2D eigenvalue weighted by Crippen LogP contribution is 2.26. The smallest absolute Gasteiger partial charge is 0.355 e. The molecule has 1 aromatic carbocycles. The maximum absolute atomic E-state index is 12.1. The Morgan fingerprint density at radius 2 is 2.15 bits per heavy atom. The second-order valence-corrected chi connectivity index (χ2v) is 4.42. The van der Waals surface area contributed by atoms with Crippen molar-refractivity contribution in [2.24, 2.45) is 0 Å². The summed E-state index contributed by atoms with van der Waals surface area (Å²) >= 11 is 0. The highest BCUT2D eigenvalue weighted by Gasteiger charge is 2.42. The monoisotopic (exact) mass is 272 g/mol. The molecule has 1 aliphatic rings. The minimum absolute atomic E-state index is 0.0499. The minimum atomic E-state index is -1.36. The van der Waals surface area contributed by atoms with Crippen LogP contribution < -0.4 is 0 Å². The second kappa shape index (κ2) is 6.19. The molecule has 0 spiro atoms. The zero-order valence-corrected chi connectivity index (χ0v) is 11.2. The molecule has 0 aliphatic carbocycles. The lowest BCUT2D eigenvalue weighted by molar-refractivity contribution is -0.163. The SMILES string of the molecule is CCOC(=O)[C@@]1(/C=C/c2ccccc2)CC(=O)C=CO1. The lowest BCUT2D eigenvalue weighted by atomic mass is 9.93. The number of esters is 1. The molecule has 104 valence electrons. The summed E-state index contributed by atoms with van der Waals surface area (Å²) < 4.78 is 10.4. The predicted octanol–water partition coefficient (Wildman–Crippen LogP) is 2.50. The Labute approximate surface area is 117 Å². The van der Waals surface area contributed by atoms with Crippen LogP contribution in [0.5, 0.6) is 0 Å². The topological polar surface area (TPSA) is 52.6 Å². The Morgan fingerprint density at radius 3 is 2.80 bits per heavy atom. The maximum Gasteiger partial charge on any atom is 0.355 e. The van der Waals surface area contributed by atoms with Gasteiger partial charge in [-0.3, -0.25) is 4.79 Å². The molecule has 0 amide bonds. The van der Waals surface area contributed by atoms with Crippen LogP contribution in [0, 0.1) is 0 Å². The van der Waals surface area contributed by atoms with E-state index in [1.165, 1.54) is 12.3 Å². The summed E-state index contributed by atoms with van der Waals surface area (Å²) in [6, 6.07) is 9.49. The molecule has 0 radical (unpaired) electrons. The Hall–Kier alpha value is -2.36. The van der Waals surface area contributed by atoms with Gasteiger partial charge in [-0.2, -0.15) is 0 Å². The average Bonchev–Trinajstić information content (AvgIpc) is 2.46. The molecule has 4 heteroatoms. The summed E-state index contributed by atoms with van der Waals surface area (Å²) in [5.41, 5.74) is -0.445. The van der Waals surface area contributed by atoms with Gasteiger partial charge in [0.15, 0.2) is 5.78 Å². The van der Waals surface area contributed by atoms with Crippen LogP contribution >= 0.6 is 0 Å². The molecule has 1 aliphatic heterocycles. The van der Waals surface area contributed by atoms with Gasteiger partial charge in [-0.05, 0) is 18.6 Å². The largest absolute Gasteiger partial charge is 0.478 e. The van der Waals surface area contributed by atoms with Crippen LogP contribution in [0.3, 0.4) is 0 Å². The molecule has 0 saturated heterocycles. The van der Waals surface area contributed by atoms with Gasteiger partial charge in [0.25, 0.3) is 0 Å². The van der Waals surface area contributed by atoms with Gasteiger partial charge < -0.3 is 9.47 Å². The van der Waals surface area contributed by atoms with E-state index in [-0.39, 0.29) is 18.8 Å². The number of hydrogen-bond donors (Lipinski definition) is 0. The summed E-state index contributed by atoms with van der Waals surface area (Å²) in [6.07, 6.45) is 5.85. The van der Waals surface area contributed by atoms with Crippen molar-refractivity contribution >= 4 is 17.8 Å². The Kier molecular flexibility index (Phi) is 4.35. The summed E-state index contributed by atoms with van der Waals surface area (Å²) in [5, 5.41) is 0. The lowest BCUT2D eigenvalue weighted by Gasteiger charge is -2.29. The first kappa shape index (κ1) is 14.1. The third-order valence-electron chi connectivity index (χ3n) is 2.93. The van der Waals surface area contributed by atoms with Crippen molar-refractivity contribution in [3.8, 4) is 0 Å². The fourth-order valence-electron chi connectivity index (χ4n) is 1.93. The van der Waals surface area contributed by atoms with Gasteiger partial charge >= 0.3 is 5.97 Å². The molecule has 0 aromatic heterocycles. The van der Waals surface area contributed by atoms with E-state index in [4.69, 9.17) is 9.47 Å². The number of ether oxygens (including phenoxy) is 2. The molecular weight excluding hydrogens is 256 g/mol. The highest BCUT2D eigenvalue weighted by molar-refractivity contribution is 5.97. The minimum Gasteiger partial charge on any atom is -0.478 e. The van der Waals surface area contributed by atoms with E-state index >= 15 is 0 Å². The average molecular weight is 272 g/mol. The first-order valence-electron chi connectivity index (χ1n) is 6.45. The van der Waals surface area contributed by atoms with Crippen LogP contribution in [0.15, 0.2) is 48.7 Å². The van der Waals surface area contributed by atoms with E-state index < -0.39 is 11.6 Å². The first-order valence-corrected chi connectivity index (χ1v) is 6.45. The molecule has 1 aromatic rings. The van der Waals surface area contributed by atoms with Crippen LogP contribution in [0.2, 0.25) is 0 Å². The summed E-state index contributed by atoms with van der Waals surface area (Å²) in [4.78, 5) is 23.7. The van der Waals surface area contributed by atoms with E-state index in [0.717, 1.165) is 5.56 Å².